The number of nitrogens with zero attached hydrogens (tertiary/aromatic N) is 2. The van der Waals surface area contributed by atoms with Crippen LogP contribution in [-0.2, 0) is 24.4 Å². The van der Waals surface area contributed by atoms with Crippen LogP contribution >= 0.6 is 0 Å². The van der Waals surface area contributed by atoms with Crippen LogP contribution in [0.1, 0.15) is 22.6 Å². The molecule has 0 unspecified atom stereocenters. The van der Waals surface area contributed by atoms with E-state index in [9.17, 15) is 9.59 Å². The molecule has 2 aromatic carbocycles. The van der Waals surface area contributed by atoms with Gasteiger partial charge in [-0.25, -0.2) is 14.6 Å². The van der Waals surface area contributed by atoms with E-state index in [-0.39, 0.29) is 12.7 Å². The fourth-order valence-corrected chi connectivity index (χ4v) is 3.02. The average molecular weight is 336 g/mol. The van der Waals surface area contributed by atoms with E-state index in [2.05, 4.69) is 4.98 Å². The number of hydrogen-bond donors (Lipinski definition) is 0. The van der Waals surface area contributed by atoms with E-state index >= 15 is 0 Å². The van der Waals surface area contributed by atoms with Crippen molar-refractivity contribution >= 4 is 17.0 Å². The fraction of sp³-hybridized carbons (Fsp3) is 0.211. The molecule has 0 N–H and O–H groups in total. The molecule has 1 amide bonds. The van der Waals surface area contributed by atoms with Crippen molar-refractivity contribution in [2.24, 2.45) is 0 Å². The van der Waals surface area contributed by atoms with Crippen molar-refractivity contribution in [2.45, 2.75) is 26.6 Å². The van der Waals surface area contributed by atoms with Gasteiger partial charge in [-0.1, -0.05) is 30.3 Å². The quantitative estimate of drug-likeness (QED) is 0.719. The Hall–Kier alpha value is -3.15. The Morgan fingerprint density at radius 2 is 1.92 bits per heavy atom. The number of carbonyl (C=O) groups is 1. The standard InChI is InChI=1S/C19H16N2O4/c1-12-20-17-8-15-10-21(9-14(15)7-16(17)18(22)25-12)19(23)24-11-13-5-3-2-4-6-13/h2-8H,9-11H2,1H3. The number of rotatable bonds is 2. The van der Waals surface area contributed by atoms with Crippen LogP contribution in [0.15, 0.2) is 51.7 Å². The van der Waals surface area contributed by atoms with Crippen LogP contribution in [0.5, 0.6) is 0 Å². The molecule has 2 heterocycles. The first kappa shape index (κ1) is 15.4. The summed E-state index contributed by atoms with van der Waals surface area (Å²) in [6.45, 7) is 2.73. The van der Waals surface area contributed by atoms with E-state index in [4.69, 9.17) is 9.15 Å². The topological polar surface area (TPSA) is 72.6 Å². The first-order valence-electron chi connectivity index (χ1n) is 7.99. The zero-order valence-corrected chi connectivity index (χ0v) is 13.7. The Balaban J connectivity index is 1.52. The van der Waals surface area contributed by atoms with Gasteiger partial charge in [0.05, 0.1) is 10.9 Å². The van der Waals surface area contributed by atoms with Crippen molar-refractivity contribution in [3.63, 3.8) is 0 Å². The minimum Gasteiger partial charge on any atom is -0.445 e. The normalized spacial score (nSPS) is 13.1. The second-order valence-corrected chi connectivity index (χ2v) is 6.05. The van der Waals surface area contributed by atoms with Gasteiger partial charge < -0.3 is 9.15 Å². The van der Waals surface area contributed by atoms with Gasteiger partial charge in [0.15, 0.2) is 5.89 Å². The largest absolute Gasteiger partial charge is 0.445 e. The van der Waals surface area contributed by atoms with Crippen LogP contribution < -0.4 is 5.63 Å². The highest BCUT2D eigenvalue weighted by Gasteiger charge is 2.25. The lowest BCUT2D eigenvalue weighted by Crippen LogP contribution is -2.25. The summed E-state index contributed by atoms with van der Waals surface area (Å²) in [5.74, 6) is 0.328. The molecule has 6 heteroatoms. The van der Waals surface area contributed by atoms with Gasteiger partial charge in [0.1, 0.15) is 6.61 Å². The fourth-order valence-electron chi connectivity index (χ4n) is 3.02. The van der Waals surface area contributed by atoms with Gasteiger partial charge in [-0.05, 0) is 28.8 Å². The van der Waals surface area contributed by atoms with Crippen LogP contribution in [0.2, 0.25) is 0 Å². The molecule has 4 rings (SSSR count). The lowest BCUT2D eigenvalue weighted by Gasteiger charge is -2.15. The highest BCUT2D eigenvalue weighted by molar-refractivity contribution is 5.80. The summed E-state index contributed by atoms with van der Waals surface area (Å²) in [7, 11) is 0. The van der Waals surface area contributed by atoms with E-state index in [1.165, 1.54) is 0 Å². The summed E-state index contributed by atoms with van der Waals surface area (Å²) in [6.07, 6.45) is -0.375. The third kappa shape index (κ3) is 2.98. The maximum absolute atomic E-state index is 12.3. The van der Waals surface area contributed by atoms with Crippen molar-refractivity contribution in [3.05, 3.63) is 75.5 Å². The molecule has 0 radical (unpaired) electrons. The lowest BCUT2D eigenvalue weighted by atomic mass is 10.1. The first-order valence-corrected chi connectivity index (χ1v) is 7.99. The van der Waals surface area contributed by atoms with Crippen LogP contribution in [0.3, 0.4) is 0 Å². The molecule has 1 aliphatic rings. The zero-order valence-electron chi connectivity index (χ0n) is 13.7. The molecule has 1 aromatic heterocycles. The van der Waals surface area contributed by atoms with E-state index in [1.54, 1.807) is 17.9 Å². The molecule has 25 heavy (non-hydrogen) atoms. The number of ether oxygens (including phenoxy) is 1. The molecule has 3 aromatic rings. The summed E-state index contributed by atoms with van der Waals surface area (Å²) >= 11 is 0. The maximum Gasteiger partial charge on any atom is 0.410 e. The van der Waals surface area contributed by atoms with Crippen LogP contribution in [-0.4, -0.2) is 16.0 Å². The predicted molar refractivity (Wildman–Crippen MR) is 90.9 cm³/mol. The summed E-state index contributed by atoms with van der Waals surface area (Å²) in [4.78, 5) is 30.1. The van der Waals surface area contributed by atoms with E-state index < -0.39 is 5.63 Å². The van der Waals surface area contributed by atoms with E-state index in [1.807, 2.05) is 36.4 Å². The van der Waals surface area contributed by atoms with E-state index in [0.29, 0.717) is 29.9 Å². The predicted octanol–water partition coefficient (Wildman–Crippen LogP) is 3.15. The number of aryl methyl sites for hydroxylation is 1. The second kappa shape index (κ2) is 6.05. The third-order valence-electron chi connectivity index (χ3n) is 4.24. The number of amides is 1. The van der Waals surface area contributed by atoms with Gasteiger partial charge >= 0.3 is 11.7 Å². The Labute approximate surface area is 143 Å². The molecule has 126 valence electrons. The number of aromatic nitrogens is 1. The smallest absolute Gasteiger partial charge is 0.410 e. The van der Waals surface area contributed by atoms with Crippen molar-refractivity contribution < 1.29 is 13.9 Å². The third-order valence-corrected chi connectivity index (χ3v) is 4.24. The molecule has 0 atom stereocenters. The molecule has 1 aliphatic heterocycles. The minimum atomic E-state index is -0.407. The molecule has 6 nitrogen and oxygen atoms in total. The molecule has 0 saturated heterocycles. The zero-order chi connectivity index (χ0) is 17.4. The van der Waals surface area contributed by atoms with Crippen molar-refractivity contribution in [2.75, 3.05) is 0 Å². The Morgan fingerprint density at radius 1 is 1.20 bits per heavy atom. The monoisotopic (exact) mass is 336 g/mol. The Bertz CT molecular complexity index is 1010. The molecule has 0 fully saturated rings. The Kier molecular flexibility index (Phi) is 3.72. The average Bonchev–Trinajstić information content (AvgIpc) is 3.02. The van der Waals surface area contributed by atoms with E-state index in [0.717, 1.165) is 16.7 Å². The number of hydrogen-bond acceptors (Lipinski definition) is 5. The van der Waals surface area contributed by atoms with Gasteiger partial charge in [0, 0.05) is 20.0 Å². The molecule has 0 bridgehead atoms. The summed E-state index contributed by atoms with van der Waals surface area (Å²) in [5, 5.41) is 0.434. The molecule has 0 saturated carbocycles. The number of fused-ring (bicyclic) bond motifs is 2. The van der Waals surface area contributed by atoms with Crippen molar-refractivity contribution in [1.82, 2.24) is 9.88 Å². The molecule has 0 aliphatic carbocycles. The van der Waals surface area contributed by atoms with Crippen molar-refractivity contribution in [3.8, 4) is 0 Å². The van der Waals surface area contributed by atoms with Crippen LogP contribution in [0.25, 0.3) is 10.9 Å². The van der Waals surface area contributed by atoms with Gasteiger partial charge in [0.2, 0.25) is 0 Å². The summed E-state index contributed by atoms with van der Waals surface area (Å²) < 4.78 is 10.4. The lowest BCUT2D eigenvalue weighted by molar-refractivity contribution is 0.0955. The van der Waals surface area contributed by atoms with Crippen LogP contribution in [0.4, 0.5) is 4.79 Å². The highest BCUT2D eigenvalue weighted by Crippen LogP contribution is 2.26. The molecule has 0 spiro atoms. The van der Waals surface area contributed by atoms with Crippen molar-refractivity contribution in [1.29, 1.82) is 0 Å². The highest BCUT2D eigenvalue weighted by atomic mass is 16.6. The Morgan fingerprint density at radius 3 is 2.68 bits per heavy atom. The SMILES string of the molecule is Cc1nc2cc3c(cc2c(=O)o1)CN(C(=O)OCc1ccccc1)C3. The summed E-state index contributed by atoms with van der Waals surface area (Å²) in [5.41, 5.74) is 3.02. The second-order valence-electron chi connectivity index (χ2n) is 6.05. The van der Waals surface area contributed by atoms with Gasteiger partial charge in [-0.15, -0.1) is 0 Å². The number of benzene rings is 2. The summed E-state index contributed by atoms with van der Waals surface area (Å²) in [6, 6.07) is 13.1. The molecular weight excluding hydrogens is 320 g/mol. The maximum atomic E-state index is 12.3. The minimum absolute atomic E-state index is 0.235. The first-order chi connectivity index (χ1) is 12.1. The van der Waals surface area contributed by atoms with Gasteiger partial charge in [-0.3, -0.25) is 4.90 Å². The van der Waals surface area contributed by atoms with Gasteiger partial charge in [-0.2, -0.15) is 0 Å². The molecular formula is C19H16N2O4. The number of carbonyl (C=O) groups excluding carboxylic acids is 1. The van der Waals surface area contributed by atoms with Crippen LogP contribution in [0, 0.1) is 6.92 Å². The van der Waals surface area contributed by atoms with Gasteiger partial charge in [0.25, 0.3) is 0 Å².